The van der Waals surface area contributed by atoms with Crippen molar-refractivity contribution in [3.8, 4) is 5.75 Å². The molecule has 0 spiro atoms. The molecule has 0 atom stereocenters. The number of rotatable bonds is 5. The molecule has 0 fully saturated rings. The molecule has 2 aromatic rings. The Bertz CT molecular complexity index is 783. The summed E-state index contributed by atoms with van der Waals surface area (Å²) < 4.78 is 5.51. The Hall–Kier alpha value is -2.79. The van der Waals surface area contributed by atoms with Gasteiger partial charge in [-0.25, -0.2) is 0 Å². The van der Waals surface area contributed by atoms with Crippen LogP contribution in [-0.2, 0) is 9.59 Å². The second-order valence-electron chi connectivity index (χ2n) is 5.40. The minimum atomic E-state index is -0.472. The number of nitrogens with one attached hydrogen (secondary N) is 2. The van der Waals surface area contributed by atoms with E-state index in [1.807, 2.05) is 38.1 Å². The summed E-state index contributed by atoms with van der Waals surface area (Å²) in [5.74, 6) is -0.259. The van der Waals surface area contributed by atoms with E-state index < -0.39 is 11.8 Å². The summed E-state index contributed by atoms with van der Waals surface area (Å²) in [5.41, 5.74) is 7.18. The first-order valence-electron chi connectivity index (χ1n) is 7.68. The van der Waals surface area contributed by atoms with Gasteiger partial charge < -0.3 is 4.74 Å². The van der Waals surface area contributed by atoms with Gasteiger partial charge >= 0.3 is 0 Å². The van der Waals surface area contributed by atoms with Gasteiger partial charge in [0.25, 0.3) is 11.8 Å². The van der Waals surface area contributed by atoms with Crippen LogP contribution in [0, 0.1) is 13.8 Å². The lowest BCUT2D eigenvalue weighted by atomic mass is 10.1. The third kappa shape index (κ3) is 5.65. The first-order valence-corrected chi connectivity index (χ1v) is 8.05. The number of carbonyl (C=O) groups is 2. The van der Waals surface area contributed by atoms with Crippen molar-refractivity contribution in [1.29, 1.82) is 0 Å². The molecule has 6 heteroatoms. The molecule has 0 saturated heterocycles. The van der Waals surface area contributed by atoms with Gasteiger partial charge in [-0.1, -0.05) is 48.0 Å². The Morgan fingerprint density at radius 3 is 2.40 bits per heavy atom. The zero-order chi connectivity index (χ0) is 18.2. The van der Waals surface area contributed by atoms with Gasteiger partial charge in [-0.15, -0.1) is 0 Å². The fourth-order valence-electron chi connectivity index (χ4n) is 2.15. The normalized spacial score (nSPS) is 10.5. The van der Waals surface area contributed by atoms with Crippen LogP contribution in [0.15, 0.2) is 48.5 Å². The molecule has 0 radical (unpaired) electrons. The lowest BCUT2D eigenvalue weighted by molar-refractivity contribution is -0.128. The van der Waals surface area contributed by atoms with Crippen LogP contribution < -0.4 is 15.6 Å². The molecule has 25 heavy (non-hydrogen) atoms. The maximum absolute atomic E-state index is 11.8. The Labute approximate surface area is 151 Å². The predicted octanol–water partition coefficient (Wildman–Crippen LogP) is 3.20. The van der Waals surface area contributed by atoms with Gasteiger partial charge in [-0.2, -0.15) is 0 Å². The molecule has 2 aromatic carbocycles. The fourth-order valence-corrected chi connectivity index (χ4v) is 2.35. The average molecular weight is 359 g/mol. The van der Waals surface area contributed by atoms with Gasteiger partial charge in [0.05, 0.1) is 0 Å². The first-order chi connectivity index (χ1) is 12.0. The van der Waals surface area contributed by atoms with Crippen molar-refractivity contribution in [2.45, 2.75) is 13.8 Å². The molecular formula is C19H19ClN2O3. The van der Waals surface area contributed by atoms with E-state index in [2.05, 4.69) is 10.9 Å². The van der Waals surface area contributed by atoms with E-state index in [0.717, 1.165) is 11.1 Å². The van der Waals surface area contributed by atoms with Crippen LogP contribution in [-0.4, -0.2) is 18.4 Å². The van der Waals surface area contributed by atoms with Crippen molar-refractivity contribution in [3.63, 3.8) is 0 Å². The van der Waals surface area contributed by atoms with Gasteiger partial charge in [0.2, 0.25) is 0 Å². The predicted molar refractivity (Wildman–Crippen MR) is 98.2 cm³/mol. The van der Waals surface area contributed by atoms with Gasteiger partial charge in [-0.3, -0.25) is 20.4 Å². The summed E-state index contributed by atoms with van der Waals surface area (Å²) in [4.78, 5) is 23.5. The number of aryl methyl sites for hydroxylation is 2. The summed E-state index contributed by atoms with van der Waals surface area (Å²) in [6.07, 6.45) is 2.85. The van der Waals surface area contributed by atoms with E-state index in [1.165, 1.54) is 6.08 Å². The molecule has 130 valence electrons. The lowest BCUT2D eigenvalue weighted by Crippen LogP contribution is -2.43. The highest BCUT2D eigenvalue weighted by Gasteiger charge is 2.07. The molecule has 0 unspecified atom stereocenters. The number of ether oxygens (including phenoxy) is 1. The van der Waals surface area contributed by atoms with E-state index in [4.69, 9.17) is 16.3 Å². The van der Waals surface area contributed by atoms with E-state index in [-0.39, 0.29) is 6.61 Å². The van der Waals surface area contributed by atoms with E-state index >= 15 is 0 Å². The molecule has 2 N–H and O–H groups in total. The van der Waals surface area contributed by atoms with Crippen molar-refractivity contribution < 1.29 is 14.3 Å². The molecular weight excluding hydrogens is 340 g/mol. The van der Waals surface area contributed by atoms with Crippen LogP contribution in [0.1, 0.15) is 16.7 Å². The van der Waals surface area contributed by atoms with E-state index in [9.17, 15) is 9.59 Å². The van der Waals surface area contributed by atoms with E-state index in [0.29, 0.717) is 16.3 Å². The SMILES string of the molecule is Cc1cccc(C)c1OCC(=O)NNC(=O)C=Cc1ccccc1Cl. The smallest absolute Gasteiger partial charge is 0.276 e. The summed E-state index contributed by atoms with van der Waals surface area (Å²) in [5, 5.41) is 0.539. The number of para-hydroxylation sites is 1. The summed E-state index contributed by atoms with van der Waals surface area (Å²) in [6.45, 7) is 3.61. The molecule has 0 aliphatic rings. The standard InChI is InChI=1S/C19H19ClN2O3/c1-13-6-5-7-14(2)19(13)25-12-18(24)22-21-17(23)11-10-15-8-3-4-9-16(15)20/h3-11H,12H2,1-2H3,(H,21,23)(H,22,24). The Balaban J connectivity index is 1.80. The zero-order valence-electron chi connectivity index (χ0n) is 14.0. The topological polar surface area (TPSA) is 67.4 Å². The minimum Gasteiger partial charge on any atom is -0.483 e. The first kappa shape index (κ1) is 18.5. The second kappa shape index (κ2) is 8.89. The molecule has 5 nitrogen and oxygen atoms in total. The van der Waals surface area contributed by atoms with Crippen LogP contribution in [0.3, 0.4) is 0 Å². The highest BCUT2D eigenvalue weighted by Crippen LogP contribution is 2.22. The Morgan fingerprint density at radius 2 is 1.72 bits per heavy atom. The number of amides is 2. The quantitative estimate of drug-likeness (QED) is 0.637. The van der Waals surface area contributed by atoms with Crippen LogP contribution in [0.5, 0.6) is 5.75 Å². The summed E-state index contributed by atoms with van der Waals surface area (Å²) in [7, 11) is 0. The minimum absolute atomic E-state index is 0.194. The number of halogens is 1. The average Bonchev–Trinajstić information content (AvgIpc) is 2.59. The van der Waals surface area contributed by atoms with Crippen molar-refractivity contribution in [2.24, 2.45) is 0 Å². The molecule has 0 heterocycles. The number of hydrogen-bond donors (Lipinski definition) is 2. The van der Waals surface area contributed by atoms with Crippen LogP contribution in [0.25, 0.3) is 6.08 Å². The Morgan fingerprint density at radius 1 is 1.04 bits per heavy atom. The second-order valence-corrected chi connectivity index (χ2v) is 5.81. The van der Waals surface area contributed by atoms with Gasteiger partial charge in [-0.05, 0) is 42.7 Å². The van der Waals surface area contributed by atoms with Crippen LogP contribution in [0.2, 0.25) is 5.02 Å². The highest BCUT2D eigenvalue weighted by molar-refractivity contribution is 6.32. The number of benzene rings is 2. The largest absolute Gasteiger partial charge is 0.483 e. The molecule has 0 aromatic heterocycles. The van der Waals surface area contributed by atoms with Crippen molar-refractivity contribution in [3.05, 3.63) is 70.3 Å². The monoisotopic (exact) mass is 358 g/mol. The van der Waals surface area contributed by atoms with Gasteiger partial charge in [0.1, 0.15) is 5.75 Å². The summed E-state index contributed by atoms with van der Waals surface area (Å²) in [6, 6.07) is 12.9. The van der Waals surface area contributed by atoms with Gasteiger partial charge in [0, 0.05) is 11.1 Å². The number of hydrogen-bond acceptors (Lipinski definition) is 3. The fraction of sp³-hybridized carbons (Fsp3) is 0.158. The third-order valence-corrected chi connectivity index (χ3v) is 3.75. The Kier molecular flexibility index (Phi) is 6.60. The summed E-state index contributed by atoms with van der Waals surface area (Å²) >= 11 is 5.99. The lowest BCUT2D eigenvalue weighted by Gasteiger charge is -2.11. The molecule has 2 rings (SSSR count). The van der Waals surface area contributed by atoms with E-state index in [1.54, 1.807) is 24.3 Å². The van der Waals surface area contributed by atoms with Gasteiger partial charge in [0.15, 0.2) is 6.61 Å². The molecule has 0 bridgehead atoms. The number of carbonyl (C=O) groups excluding carboxylic acids is 2. The molecule has 2 amide bonds. The third-order valence-electron chi connectivity index (χ3n) is 3.40. The zero-order valence-corrected chi connectivity index (χ0v) is 14.8. The number of hydrazine groups is 1. The molecule has 0 aliphatic heterocycles. The van der Waals surface area contributed by atoms with Crippen molar-refractivity contribution >= 4 is 29.5 Å². The van der Waals surface area contributed by atoms with Crippen molar-refractivity contribution in [1.82, 2.24) is 10.9 Å². The van der Waals surface area contributed by atoms with Crippen molar-refractivity contribution in [2.75, 3.05) is 6.61 Å². The maximum atomic E-state index is 11.8. The maximum Gasteiger partial charge on any atom is 0.276 e. The van der Waals surface area contributed by atoms with Crippen LogP contribution >= 0.6 is 11.6 Å². The molecule has 0 aliphatic carbocycles. The molecule has 0 saturated carbocycles. The van der Waals surface area contributed by atoms with Crippen LogP contribution in [0.4, 0.5) is 0 Å². The highest BCUT2D eigenvalue weighted by atomic mass is 35.5.